The number of aromatic nitrogens is 2. The van der Waals surface area contributed by atoms with Gasteiger partial charge in [0.25, 0.3) is 5.56 Å². The topological polar surface area (TPSA) is 45.8 Å². The molecule has 6 heteroatoms. The van der Waals surface area contributed by atoms with E-state index in [4.69, 9.17) is 11.6 Å². The van der Waals surface area contributed by atoms with Crippen molar-refractivity contribution in [3.05, 3.63) is 38.2 Å². The van der Waals surface area contributed by atoms with Crippen LogP contribution in [0.1, 0.15) is 28.4 Å². The molecule has 0 radical (unpaired) electrons. The Hall–Kier alpha value is -0.780. The first kappa shape index (κ1) is 14.6. The number of nitrogens with zero attached hydrogens (tertiary/aromatic N) is 1. The van der Waals surface area contributed by atoms with E-state index in [0.29, 0.717) is 22.0 Å². The molecule has 0 bridgehead atoms. The Morgan fingerprint density at radius 2 is 2.26 bits per heavy atom. The van der Waals surface area contributed by atoms with Gasteiger partial charge in [0.1, 0.15) is 10.7 Å². The molecule has 0 aliphatic rings. The van der Waals surface area contributed by atoms with Crippen LogP contribution in [0.5, 0.6) is 0 Å². The molecule has 3 nitrogen and oxygen atoms in total. The Bertz CT molecular complexity index is 690. The summed E-state index contributed by atoms with van der Waals surface area (Å²) in [6.07, 6.45) is 0. The van der Waals surface area contributed by atoms with Crippen molar-refractivity contribution in [2.75, 3.05) is 5.75 Å². The molecular formula is C13H15ClN2OS2. The molecule has 0 spiro atoms. The van der Waals surface area contributed by atoms with Gasteiger partial charge in [0.2, 0.25) is 0 Å². The molecule has 0 saturated heterocycles. The van der Waals surface area contributed by atoms with Gasteiger partial charge in [-0.2, -0.15) is 0 Å². The Kier molecular flexibility index (Phi) is 4.38. The molecule has 19 heavy (non-hydrogen) atoms. The molecule has 2 rings (SSSR count). The number of hydrogen-bond acceptors (Lipinski definition) is 4. The van der Waals surface area contributed by atoms with E-state index in [0.717, 1.165) is 15.3 Å². The standard InChI is InChI=1S/C13H15ClN2OS2/c1-6(14)5-18-9(4)11-15-12(17)10-7(2)8(3)19-13(10)16-11/h9H,1,5H2,2-4H3,(H,15,16,17)/t9-/m1/s1. The summed E-state index contributed by atoms with van der Waals surface area (Å²) < 4.78 is 0. The van der Waals surface area contributed by atoms with Crippen LogP contribution in [0.25, 0.3) is 10.2 Å². The normalized spacial score (nSPS) is 12.8. The Morgan fingerprint density at radius 3 is 2.89 bits per heavy atom. The molecule has 2 aromatic rings. The monoisotopic (exact) mass is 314 g/mol. The maximum Gasteiger partial charge on any atom is 0.259 e. The van der Waals surface area contributed by atoms with Gasteiger partial charge in [-0.15, -0.1) is 23.1 Å². The zero-order valence-corrected chi connectivity index (χ0v) is 13.4. The zero-order chi connectivity index (χ0) is 14.2. The molecular weight excluding hydrogens is 300 g/mol. The van der Waals surface area contributed by atoms with Gasteiger partial charge in [-0.3, -0.25) is 4.79 Å². The quantitative estimate of drug-likeness (QED) is 0.922. The first-order valence-corrected chi connectivity index (χ1v) is 8.09. The molecule has 0 aliphatic heterocycles. The van der Waals surface area contributed by atoms with Crippen molar-refractivity contribution in [1.29, 1.82) is 0 Å². The predicted octanol–water partition coefficient (Wildman–Crippen LogP) is 4.15. The second-order valence-electron chi connectivity index (χ2n) is 4.39. The highest BCUT2D eigenvalue weighted by molar-refractivity contribution is 7.99. The molecule has 2 heterocycles. The van der Waals surface area contributed by atoms with Crippen LogP contribution >= 0.6 is 34.7 Å². The molecule has 102 valence electrons. The van der Waals surface area contributed by atoms with E-state index in [-0.39, 0.29) is 10.8 Å². The van der Waals surface area contributed by atoms with Gasteiger partial charge in [0.15, 0.2) is 0 Å². The van der Waals surface area contributed by atoms with Crippen molar-refractivity contribution in [2.45, 2.75) is 26.0 Å². The van der Waals surface area contributed by atoms with Gasteiger partial charge in [-0.25, -0.2) is 4.98 Å². The highest BCUT2D eigenvalue weighted by Gasteiger charge is 2.15. The third-order valence-electron chi connectivity index (χ3n) is 2.93. The second kappa shape index (κ2) is 5.69. The number of fused-ring (bicyclic) bond motifs is 1. The first-order valence-electron chi connectivity index (χ1n) is 5.85. The molecule has 0 aliphatic carbocycles. The summed E-state index contributed by atoms with van der Waals surface area (Å²) >= 11 is 8.93. The Balaban J connectivity index is 2.41. The lowest BCUT2D eigenvalue weighted by Crippen LogP contribution is -2.12. The molecule has 0 amide bonds. The minimum Gasteiger partial charge on any atom is -0.309 e. The smallest absolute Gasteiger partial charge is 0.259 e. The van der Waals surface area contributed by atoms with Crippen molar-refractivity contribution >= 4 is 44.9 Å². The van der Waals surface area contributed by atoms with Crippen molar-refractivity contribution in [3.63, 3.8) is 0 Å². The maximum absolute atomic E-state index is 12.1. The van der Waals surface area contributed by atoms with Crippen LogP contribution in [0.15, 0.2) is 16.4 Å². The summed E-state index contributed by atoms with van der Waals surface area (Å²) in [5.41, 5.74) is 0.966. The lowest BCUT2D eigenvalue weighted by atomic mass is 10.2. The van der Waals surface area contributed by atoms with Gasteiger partial charge >= 0.3 is 0 Å². The summed E-state index contributed by atoms with van der Waals surface area (Å²) in [5.74, 6) is 1.34. The number of aromatic amines is 1. The summed E-state index contributed by atoms with van der Waals surface area (Å²) in [7, 11) is 0. The van der Waals surface area contributed by atoms with Crippen LogP contribution in [-0.4, -0.2) is 15.7 Å². The fourth-order valence-corrected chi connectivity index (χ4v) is 3.68. The number of aryl methyl sites for hydroxylation is 2. The number of hydrogen-bond donors (Lipinski definition) is 1. The lowest BCUT2D eigenvalue weighted by Gasteiger charge is -2.09. The maximum atomic E-state index is 12.1. The van der Waals surface area contributed by atoms with Crippen LogP contribution in [0.4, 0.5) is 0 Å². The average molecular weight is 315 g/mol. The van der Waals surface area contributed by atoms with Gasteiger partial charge in [0, 0.05) is 15.7 Å². The van der Waals surface area contributed by atoms with E-state index >= 15 is 0 Å². The minimum atomic E-state index is -0.0565. The second-order valence-corrected chi connectivity index (χ2v) is 7.45. The van der Waals surface area contributed by atoms with E-state index in [1.54, 1.807) is 23.1 Å². The van der Waals surface area contributed by atoms with Crippen molar-refractivity contribution in [2.24, 2.45) is 0 Å². The van der Waals surface area contributed by atoms with Crippen LogP contribution in [0.3, 0.4) is 0 Å². The number of nitrogens with one attached hydrogen (secondary N) is 1. The number of thioether (sulfide) groups is 1. The third kappa shape index (κ3) is 3.04. The SMILES string of the molecule is C=C(Cl)CS[C@H](C)c1nc2sc(C)c(C)c2c(=O)[nH]1. The largest absolute Gasteiger partial charge is 0.309 e. The third-order valence-corrected chi connectivity index (χ3v) is 5.56. The van der Waals surface area contributed by atoms with Crippen molar-refractivity contribution in [3.8, 4) is 0 Å². The van der Waals surface area contributed by atoms with E-state index in [2.05, 4.69) is 16.5 Å². The predicted molar refractivity (Wildman–Crippen MR) is 85.6 cm³/mol. The minimum absolute atomic E-state index is 0.0565. The molecule has 2 aromatic heterocycles. The summed E-state index contributed by atoms with van der Waals surface area (Å²) in [6.45, 7) is 9.63. The fourth-order valence-electron chi connectivity index (χ4n) is 1.76. The highest BCUT2D eigenvalue weighted by atomic mass is 35.5. The van der Waals surface area contributed by atoms with E-state index in [9.17, 15) is 4.79 Å². The number of rotatable bonds is 4. The van der Waals surface area contributed by atoms with Gasteiger partial charge in [-0.05, 0) is 26.3 Å². The lowest BCUT2D eigenvalue weighted by molar-refractivity contribution is 0.926. The highest BCUT2D eigenvalue weighted by Crippen LogP contribution is 2.30. The van der Waals surface area contributed by atoms with E-state index < -0.39 is 0 Å². The Labute approximate surface area is 125 Å². The van der Waals surface area contributed by atoms with Crippen molar-refractivity contribution < 1.29 is 0 Å². The number of halogens is 1. The zero-order valence-electron chi connectivity index (χ0n) is 11.0. The van der Waals surface area contributed by atoms with Crippen molar-refractivity contribution in [1.82, 2.24) is 9.97 Å². The van der Waals surface area contributed by atoms with Gasteiger partial charge in [0.05, 0.1) is 10.6 Å². The fraction of sp³-hybridized carbons (Fsp3) is 0.385. The molecule has 0 aromatic carbocycles. The average Bonchev–Trinajstić information content (AvgIpc) is 2.62. The van der Waals surface area contributed by atoms with Gasteiger partial charge in [-0.1, -0.05) is 18.2 Å². The summed E-state index contributed by atoms with van der Waals surface area (Å²) in [5, 5.41) is 1.39. The molecule has 0 fully saturated rings. The van der Waals surface area contributed by atoms with Crippen LogP contribution < -0.4 is 5.56 Å². The van der Waals surface area contributed by atoms with Crippen LogP contribution in [-0.2, 0) is 0 Å². The molecule has 1 N–H and O–H groups in total. The number of H-pyrrole nitrogens is 1. The summed E-state index contributed by atoms with van der Waals surface area (Å²) in [4.78, 5) is 21.5. The van der Waals surface area contributed by atoms with Crippen LogP contribution in [0, 0.1) is 13.8 Å². The van der Waals surface area contributed by atoms with Crippen LogP contribution in [0.2, 0.25) is 0 Å². The first-order chi connectivity index (χ1) is 8.90. The Morgan fingerprint density at radius 1 is 1.58 bits per heavy atom. The van der Waals surface area contributed by atoms with Gasteiger partial charge < -0.3 is 4.98 Å². The van der Waals surface area contributed by atoms with E-state index in [1.165, 1.54) is 0 Å². The molecule has 0 unspecified atom stereocenters. The summed E-state index contributed by atoms with van der Waals surface area (Å²) in [6, 6.07) is 0. The number of thiophene rings is 1. The molecule has 1 atom stereocenters. The molecule has 0 saturated carbocycles. The van der Waals surface area contributed by atoms with E-state index in [1.807, 2.05) is 20.8 Å².